The largest absolute Gasteiger partial charge is 0.309 e. The summed E-state index contributed by atoms with van der Waals surface area (Å²) < 4.78 is 4.75. The number of aromatic nitrogens is 4. The summed E-state index contributed by atoms with van der Waals surface area (Å²) in [5, 5.41) is 4.97. The van der Waals surface area contributed by atoms with Crippen molar-refractivity contribution < 1.29 is 0 Å². The number of pyridine rings is 2. The number of benzene rings is 9. The van der Waals surface area contributed by atoms with Crippen LogP contribution in [0.4, 0.5) is 0 Å². The van der Waals surface area contributed by atoms with Crippen LogP contribution in [0, 0.1) is 0 Å². The summed E-state index contributed by atoms with van der Waals surface area (Å²) in [6, 6.07) is 91.0. The zero-order valence-electron chi connectivity index (χ0n) is 37.0. The van der Waals surface area contributed by atoms with E-state index in [9.17, 15) is 0 Å². The fourth-order valence-corrected chi connectivity index (χ4v) is 10.1. The summed E-state index contributed by atoms with van der Waals surface area (Å²) >= 11 is 0. The molecule has 0 atom stereocenters. The minimum absolute atomic E-state index is 0.905. The van der Waals surface area contributed by atoms with Crippen molar-refractivity contribution in [2.45, 2.75) is 0 Å². The van der Waals surface area contributed by atoms with Gasteiger partial charge in [-0.05, 0) is 101 Å². The molecule has 4 aromatic heterocycles. The number of nitrogens with zero attached hydrogens (tertiary/aromatic N) is 4. The van der Waals surface area contributed by atoms with Crippen LogP contribution in [0.25, 0.3) is 122 Å². The predicted molar refractivity (Wildman–Crippen MR) is 283 cm³/mol. The maximum Gasteiger partial charge on any atom is 0.0716 e. The maximum atomic E-state index is 5.38. The second-order valence-corrected chi connectivity index (χ2v) is 17.4. The molecule has 0 aliphatic heterocycles. The first-order valence-corrected chi connectivity index (χ1v) is 23.1. The van der Waals surface area contributed by atoms with E-state index >= 15 is 0 Å². The third-order valence-electron chi connectivity index (χ3n) is 13.3. The Morgan fingerprint density at radius 1 is 0.206 bits per heavy atom. The van der Waals surface area contributed by atoms with E-state index in [2.05, 4.69) is 264 Å². The average Bonchev–Trinajstić information content (AvgIpc) is 3.94. The lowest BCUT2D eigenvalue weighted by Crippen LogP contribution is -1.96. The summed E-state index contributed by atoms with van der Waals surface area (Å²) in [5.74, 6) is 0. The van der Waals surface area contributed by atoms with Crippen molar-refractivity contribution in [2.75, 3.05) is 0 Å². The van der Waals surface area contributed by atoms with E-state index in [1.54, 1.807) is 0 Å². The zero-order valence-corrected chi connectivity index (χ0v) is 37.0. The minimum atomic E-state index is 0.905. The molecule has 0 unspecified atom stereocenters. The Kier molecular flexibility index (Phi) is 9.47. The first kappa shape index (κ1) is 39.3. The molecule has 0 spiro atoms. The van der Waals surface area contributed by atoms with Gasteiger partial charge >= 0.3 is 0 Å². The molecule has 9 aromatic carbocycles. The van der Waals surface area contributed by atoms with E-state index in [1.165, 1.54) is 43.6 Å². The van der Waals surface area contributed by atoms with Crippen molar-refractivity contribution in [3.05, 3.63) is 255 Å². The molecular formula is C64H42N4. The van der Waals surface area contributed by atoms with Gasteiger partial charge in [-0.25, -0.2) is 9.97 Å². The minimum Gasteiger partial charge on any atom is -0.309 e. The molecule has 0 fully saturated rings. The van der Waals surface area contributed by atoms with Crippen LogP contribution in [0.5, 0.6) is 0 Å². The van der Waals surface area contributed by atoms with Gasteiger partial charge in [0, 0.05) is 55.2 Å². The molecule has 0 aliphatic rings. The molecule has 0 aliphatic carbocycles. The molecule has 4 nitrogen and oxygen atoms in total. The van der Waals surface area contributed by atoms with Gasteiger partial charge in [0.2, 0.25) is 0 Å². The molecule has 0 N–H and O–H groups in total. The highest BCUT2D eigenvalue weighted by Gasteiger charge is 2.17. The smallest absolute Gasteiger partial charge is 0.0716 e. The van der Waals surface area contributed by atoms with Gasteiger partial charge < -0.3 is 9.13 Å². The van der Waals surface area contributed by atoms with Gasteiger partial charge in [-0.2, -0.15) is 0 Å². The first-order valence-electron chi connectivity index (χ1n) is 23.1. The van der Waals surface area contributed by atoms with E-state index in [-0.39, 0.29) is 0 Å². The Morgan fingerprint density at radius 3 is 0.926 bits per heavy atom. The number of hydrogen-bond acceptors (Lipinski definition) is 2. The van der Waals surface area contributed by atoms with E-state index in [4.69, 9.17) is 9.97 Å². The molecule has 0 bridgehead atoms. The second-order valence-electron chi connectivity index (χ2n) is 17.4. The Bertz CT molecular complexity index is 3660. The number of hydrogen-bond donors (Lipinski definition) is 0. The maximum absolute atomic E-state index is 5.38. The fraction of sp³-hybridized carbons (Fsp3) is 0. The molecule has 0 saturated carbocycles. The summed E-state index contributed by atoms with van der Waals surface area (Å²) in [6.07, 6.45) is 0. The molecule has 0 saturated heterocycles. The van der Waals surface area contributed by atoms with E-state index in [1.807, 2.05) is 0 Å². The third-order valence-corrected chi connectivity index (χ3v) is 13.3. The second kappa shape index (κ2) is 16.4. The Labute approximate surface area is 394 Å². The summed E-state index contributed by atoms with van der Waals surface area (Å²) in [4.78, 5) is 10.7. The first-order chi connectivity index (χ1) is 33.7. The van der Waals surface area contributed by atoms with Crippen LogP contribution in [0.2, 0.25) is 0 Å². The third kappa shape index (κ3) is 6.86. The fourth-order valence-electron chi connectivity index (χ4n) is 10.1. The van der Waals surface area contributed by atoms with Gasteiger partial charge in [0.15, 0.2) is 0 Å². The topological polar surface area (TPSA) is 35.6 Å². The van der Waals surface area contributed by atoms with Crippen LogP contribution < -0.4 is 0 Å². The molecular weight excluding hydrogens is 825 g/mol. The lowest BCUT2D eigenvalue weighted by Gasteiger charge is -2.14. The van der Waals surface area contributed by atoms with Crippen molar-refractivity contribution in [1.82, 2.24) is 19.1 Å². The quantitative estimate of drug-likeness (QED) is 0.153. The van der Waals surface area contributed by atoms with E-state index < -0.39 is 0 Å². The summed E-state index contributed by atoms with van der Waals surface area (Å²) in [6.45, 7) is 0. The lowest BCUT2D eigenvalue weighted by molar-refractivity contribution is 1.18. The van der Waals surface area contributed by atoms with Crippen molar-refractivity contribution in [3.63, 3.8) is 0 Å². The number of rotatable bonds is 8. The molecule has 4 heteroatoms. The highest BCUT2D eigenvalue weighted by atomic mass is 15.0. The van der Waals surface area contributed by atoms with Crippen molar-refractivity contribution >= 4 is 43.6 Å². The number of fused-ring (bicyclic) bond motifs is 6. The SMILES string of the molecule is c1ccc(-c2cc(-c3cccc(-n4c5ccccc5c5ccccc54)c3)cc(-c3cccc(-c4cc(-c5ccccc5)nc(-c5cccc(-n6c7ccccc7c7ccccc76)c5)c4)c3)n2)cc1. The molecule has 318 valence electrons. The van der Waals surface area contributed by atoms with Crippen LogP contribution in [0.3, 0.4) is 0 Å². The molecule has 4 heterocycles. The number of para-hydroxylation sites is 4. The zero-order chi connectivity index (χ0) is 45.0. The molecule has 0 amide bonds. The van der Waals surface area contributed by atoms with Gasteiger partial charge in [-0.1, -0.05) is 176 Å². The van der Waals surface area contributed by atoms with Crippen LogP contribution in [0.15, 0.2) is 255 Å². The van der Waals surface area contributed by atoms with E-state index in [0.29, 0.717) is 0 Å². The van der Waals surface area contributed by atoms with Gasteiger partial charge in [0.25, 0.3) is 0 Å². The van der Waals surface area contributed by atoms with Crippen molar-refractivity contribution in [1.29, 1.82) is 0 Å². The van der Waals surface area contributed by atoms with Gasteiger partial charge in [0.1, 0.15) is 0 Å². The Balaban J connectivity index is 0.938. The standard InChI is InChI=1S/C64H42N4/c1-3-18-43(19-4-1)57-39-49(41-60(66-57)48-25-17-27-52(38-48)68-63-34-13-9-30-55(63)56-31-10-14-35-64(56)68)45-22-15-24-47(36-45)59-42-50(40-58(65-59)44-20-5-2-6-21-44)46-23-16-26-51(37-46)67-61-32-11-7-28-53(61)54-29-8-12-33-62(54)67/h1-42H. The molecule has 13 aromatic rings. The normalized spacial score (nSPS) is 11.5. The van der Waals surface area contributed by atoms with Crippen LogP contribution >= 0.6 is 0 Å². The van der Waals surface area contributed by atoms with Gasteiger partial charge in [-0.15, -0.1) is 0 Å². The van der Waals surface area contributed by atoms with E-state index in [0.717, 1.165) is 78.7 Å². The summed E-state index contributed by atoms with van der Waals surface area (Å²) in [5.41, 5.74) is 19.2. The predicted octanol–water partition coefficient (Wildman–Crippen LogP) is 16.7. The summed E-state index contributed by atoms with van der Waals surface area (Å²) in [7, 11) is 0. The Hall–Kier alpha value is -9.12. The van der Waals surface area contributed by atoms with Crippen LogP contribution in [-0.4, -0.2) is 19.1 Å². The molecule has 68 heavy (non-hydrogen) atoms. The lowest BCUT2D eigenvalue weighted by atomic mass is 9.96. The van der Waals surface area contributed by atoms with Gasteiger partial charge in [0.05, 0.1) is 44.8 Å². The van der Waals surface area contributed by atoms with Crippen LogP contribution in [0.1, 0.15) is 0 Å². The van der Waals surface area contributed by atoms with Gasteiger partial charge in [-0.3, -0.25) is 0 Å². The van der Waals surface area contributed by atoms with Crippen molar-refractivity contribution in [2.24, 2.45) is 0 Å². The van der Waals surface area contributed by atoms with Crippen LogP contribution in [-0.2, 0) is 0 Å². The highest BCUT2D eigenvalue weighted by molar-refractivity contribution is 6.10. The highest BCUT2D eigenvalue weighted by Crippen LogP contribution is 2.38. The average molecular weight is 867 g/mol. The molecule has 0 radical (unpaired) electrons. The molecule has 13 rings (SSSR count). The Morgan fingerprint density at radius 2 is 0.500 bits per heavy atom. The monoisotopic (exact) mass is 866 g/mol. The van der Waals surface area contributed by atoms with Crippen molar-refractivity contribution in [3.8, 4) is 78.7 Å².